The van der Waals surface area contributed by atoms with Crippen LogP contribution in [0.25, 0.3) is 0 Å². The first kappa shape index (κ1) is 13.7. The predicted molar refractivity (Wildman–Crippen MR) is 82.4 cm³/mol. The molecule has 3 rings (SSSR count). The molecule has 1 aliphatic heterocycles. The average Bonchev–Trinajstić information content (AvgIpc) is 2.54. The molecular weight excluding hydrogens is 262 g/mol. The van der Waals surface area contributed by atoms with Crippen LogP contribution in [0.3, 0.4) is 0 Å². The van der Waals surface area contributed by atoms with E-state index in [1.165, 1.54) is 5.56 Å². The van der Waals surface area contributed by atoms with Crippen molar-refractivity contribution < 1.29 is 9.90 Å². The smallest absolute Gasteiger partial charge is 0.408 e. The van der Waals surface area contributed by atoms with Crippen LogP contribution < -0.4 is 0 Å². The van der Waals surface area contributed by atoms with Gasteiger partial charge in [0.1, 0.15) is 0 Å². The molecule has 0 saturated heterocycles. The van der Waals surface area contributed by atoms with Crippen molar-refractivity contribution >= 4 is 6.09 Å². The zero-order valence-corrected chi connectivity index (χ0v) is 12.1. The second kappa shape index (κ2) is 5.24. The Morgan fingerprint density at radius 3 is 2.48 bits per heavy atom. The molecule has 0 aromatic heterocycles. The largest absolute Gasteiger partial charge is 0.465 e. The number of benzene rings is 2. The van der Waals surface area contributed by atoms with E-state index in [0.29, 0.717) is 6.54 Å². The molecule has 2 aromatic rings. The van der Waals surface area contributed by atoms with Crippen LogP contribution in [0, 0.1) is 0 Å². The van der Waals surface area contributed by atoms with Gasteiger partial charge in [-0.05, 0) is 29.5 Å². The fourth-order valence-electron chi connectivity index (χ4n) is 3.58. The Labute approximate surface area is 124 Å². The molecule has 1 aliphatic rings. The lowest BCUT2D eigenvalue weighted by Crippen LogP contribution is -2.53. The van der Waals surface area contributed by atoms with Gasteiger partial charge in [-0.3, -0.25) is 4.90 Å². The van der Waals surface area contributed by atoms with E-state index in [2.05, 4.69) is 19.1 Å². The Bertz CT molecular complexity index is 653. The monoisotopic (exact) mass is 281 g/mol. The zero-order valence-electron chi connectivity index (χ0n) is 12.1. The molecular formula is C18H19NO2. The summed E-state index contributed by atoms with van der Waals surface area (Å²) < 4.78 is 0. The summed E-state index contributed by atoms with van der Waals surface area (Å²) >= 11 is 0. The van der Waals surface area contributed by atoms with Crippen molar-refractivity contribution in [3.8, 4) is 0 Å². The van der Waals surface area contributed by atoms with E-state index in [-0.39, 0.29) is 0 Å². The highest BCUT2D eigenvalue weighted by molar-refractivity contribution is 5.69. The number of amides is 1. The van der Waals surface area contributed by atoms with E-state index >= 15 is 0 Å². The third-order valence-corrected chi connectivity index (χ3v) is 4.52. The van der Waals surface area contributed by atoms with Gasteiger partial charge in [0.05, 0.1) is 5.54 Å². The van der Waals surface area contributed by atoms with E-state index in [1.54, 1.807) is 4.90 Å². The molecule has 0 bridgehead atoms. The Balaban J connectivity index is 2.29. The maximum Gasteiger partial charge on any atom is 0.408 e. The van der Waals surface area contributed by atoms with Crippen molar-refractivity contribution in [3.05, 3.63) is 71.3 Å². The Kier molecular flexibility index (Phi) is 3.42. The first-order valence-corrected chi connectivity index (χ1v) is 7.34. The average molecular weight is 281 g/mol. The summed E-state index contributed by atoms with van der Waals surface area (Å²) in [4.78, 5) is 13.4. The van der Waals surface area contributed by atoms with Crippen molar-refractivity contribution in [2.75, 3.05) is 6.54 Å². The van der Waals surface area contributed by atoms with Gasteiger partial charge in [0, 0.05) is 6.54 Å². The Morgan fingerprint density at radius 1 is 1.14 bits per heavy atom. The van der Waals surface area contributed by atoms with Gasteiger partial charge in [-0.15, -0.1) is 0 Å². The maximum atomic E-state index is 11.8. The highest BCUT2D eigenvalue weighted by Crippen LogP contribution is 2.43. The second-order valence-corrected chi connectivity index (χ2v) is 5.42. The van der Waals surface area contributed by atoms with Gasteiger partial charge in [0.25, 0.3) is 0 Å². The number of fused-ring (bicyclic) bond motifs is 1. The molecule has 1 heterocycles. The molecule has 0 aliphatic carbocycles. The van der Waals surface area contributed by atoms with Crippen LogP contribution >= 0.6 is 0 Å². The molecule has 1 amide bonds. The lowest BCUT2D eigenvalue weighted by Gasteiger charge is -2.47. The third-order valence-electron chi connectivity index (χ3n) is 4.52. The van der Waals surface area contributed by atoms with Crippen molar-refractivity contribution in [1.82, 2.24) is 4.90 Å². The van der Waals surface area contributed by atoms with Gasteiger partial charge in [-0.1, -0.05) is 61.5 Å². The van der Waals surface area contributed by atoms with Crippen LogP contribution in [0.2, 0.25) is 0 Å². The fourth-order valence-corrected chi connectivity index (χ4v) is 3.58. The molecule has 1 N–H and O–H groups in total. The SMILES string of the molecule is CCC1(c2ccccc2)c2ccccc2CCN1C(=O)O. The first-order chi connectivity index (χ1) is 10.2. The lowest BCUT2D eigenvalue weighted by atomic mass is 9.74. The second-order valence-electron chi connectivity index (χ2n) is 5.42. The fraction of sp³-hybridized carbons (Fsp3) is 0.278. The van der Waals surface area contributed by atoms with Gasteiger partial charge in [-0.2, -0.15) is 0 Å². The molecule has 0 saturated carbocycles. The van der Waals surface area contributed by atoms with E-state index in [0.717, 1.165) is 24.0 Å². The minimum Gasteiger partial charge on any atom is -0.465 e. The van der Waals surface area contributed by atoms with Crippen LogP contribution in [0.1, 0.15) is 30.0 Å². The third kappa shape index (κ3) is 2.00. The number of hydrogen-bond acceptors (Lipinski definition) is 1. The van der Waals surface area contributed by atoms with Crippen LogP contribution in [-0.2, 0) is 12.0 Å². The maximum absolute atomic E-state index is 11.8. The van der Waals surface area contributed by atoms with Gasteiger partial charge >= 0.3 is 6.09 Å². The molecule has 21 heavy (non-hydrogen) atoms. The molecule has 2 aromatic carbocycles. The van der Waals surface area contributed by atoms with E-state index in [1.807, 2.05) is 42.5 Å². The highest BCUT2D eigenvalue weighted by atomic mass is 16.4. The summed E-state index contributed by atoms with van der Waals surface area (Å²) in [6.07, 6.45) is 0.646. The number of hydrogen-bond donors (Lipinski definition) is 1. The Morgan fingerprint density at radius 2 is 1.81 bits per heavy atom. The van der Waals surface area contributed by atoms with Gasteiger partial charge in [0.15, 0.2) is 0 Å². The number of carboxylic acid groups (broad SMARTS) is 1. The molecule has 108 valence electrons. The summed E-state index contributed by atoms with van der Waals surface area (Å²) in [5.74, 6) is 0. The van der Waals surface area contributed by atoms with Gasteiger partial charge in [0.2, 0.25) is 0 Å². The minimum atomic E-state index is -0.852. The normalized spacial score (nSPS) is 20.9. The summed E-state index contributed by atoms with van der Waals surface area (Å²) in [5, 5.41) is 9.72. The van der Waals surface area contributed by atoms with E-state index < -0.39 is 11.6 Å². The van der Waals surface area contributed by atoms with Crippen molar-refractivity contribution in [1.29, 1.82) is 0 Å². The minimum absolute atomic E-state index is 0.537. The summed E-state index contributed by atoms with van der Waals surface area (Å²) in [6, 6.07) is 18.2. The van der Waals surface area contributed by atoms with E-state index in [4.69, 9.17) is 0 Å². The quantitative estimate of drug-likeness (QED) is 0.907. The van der Waals surface area contributed by atoms with Crippen molar-refractivity contribution in [2.24, 2.45) is 0 Å². The van der Waals surface area contributed by atoms with Gasteiger partial charge < -0.3 is 5.11 Å². The molecule has 0 spiro atoms. The van der Waals surface area contributed by atoms with Crippen LogP contribution in [0.5, 0.6) is 0 Å². The first-order valence-electron chi connectivity index (χ1n) is 7.34. The molecule has 1 atom stereocenters. The van der Waals surface area contributed by atoms with E-state index in [9.17, 15) is 9.90 Å². The standard InChI is InChI=1S/C18H19NO2/c1-2-18(15-9-4-3-5-10-15)16-11-7-6-8-14(16)12-13-19(18)17(20)21/h3-11H,2,12-13H2,1H3,(H,20,21). The predicted octanol–water partition coefficient (Wildman–Crippen LogP) is 3.88. The molecule has 0 fully saturated rings. The molecule has 1 unspecified atom stereocenters. The van der Waals surface area contributed by atoms with Crippen molar-refractivity contribution in [3.63, 3.8) is 0 Å². The topological polar surface area (TPSA) is 40.5 Å². The van der Waals surface area contributed by atoms with Crippen molar-refractivity contribution in [2.45, 2.75) is 25.3 Å². The number of carbonyl (C=O) groups is 1. The number of rotatable bonds is 2. The molecule has 3 nitrogen and oxygen atoms in total. The Hall–Kier alpha value is -2.29. The summed E-state index contributed by atoms with van der Waals surface area (Å²) in [6.45, 7) is 2.60. The van der Waals surface area contributed by atoms with Crippen LogP contribution in [-0.4, -0.2) is 22.6 Å². The van der Waals surface area contributed by atoms with Gasteiger partial charge in [-0.25, -0.2) is 4.79 Å². The lowest BCUT2D eigenvalue weighted by molar-refractivity contribution is 0.0841. The summed E-state index contributed by atoms with van der Waals surface area (Å²) in [5.41, 5.74) is 2.83. The highest BCUT2D eigenvalue weighted by Gasteiger charge is 2.45. The van der Waals surface area contributed by atoms with Crippen LogP contribution in [0.4, 0.5) is 4.79 Å². The number of nitrogens with zero attached hydrogens (tertiary/aromatic N) is 1. The van der Waals surface area contributed by atoms with Crippen LogP contribution in [0.15, 0.2) is 54.6 Å². The summed E-state index contributed by atoms with van der Waals surface area (Å²) in [7, 11) is 0. The molecule has 0 radical (unpaired) electrons. The zero-order chi connectivity index (χ0) is 14.9. The molecule has 3 heteroatoms.